The normalized spacial score (nSPS) is 10.9. The van der Waals surface area contributed by atoms with E-state index >= 15 is 0 Å². The van der Waals surface area contributed by atoms with E-state index in [0.717, 1.165) is 19.6 Å². The number of hydrogen-bond donors (Lipinski definition) is 1. The lowest BCUT2D eigenvalue weighted by atomic mass is 10.2. The van der Waals surface area contributed by atoms with Crippen LogP contribution in [0.5, 0.6) is 0 Å². The molecule has 17 heavy (non-hydrogen) atoms. The molecule has 0 spiro atoms. The molecule has 0 radical (unpaired) electrons. The van der Waals surface area contributed by atoms with Gasteiger partial charge in [0.2, 0.25) is 0 Å². The molecule has 1 aromatic heterocycles. The summed E-state index contributed by atoms with van der Waals surface area (Å²) in [6, 6.07) is 8.83. The molecule has 0 unspecified atom stereocenters. The number of hydrogen-bond acceptors (Lipinski definition) is 3. The summed E-state index contributed by atoms with van der Waals surface area (Å²) >= 11 is 1.82. The molecule has 0 fully saturated rings. The third-order valence-corrected chi connectivity index (χ3v) is 3.82. The highest BCUT2D eigenvalue weighted by atomic mass is 32.1. The van der Waals surface area contributed by atoms with E-state index in [9.17, 15) is 0 Å². The lowest BCUT2D eigenvalue weighted by Gasteiger charge is -2.25. The molecule has 2 nitrogen and oxygen atoms in total. The highest BCUT2D eigenvalue weighted by Gasteiger charge is 2.09. The minimum atomic E-state index is 1.03. The van der Waals surface area contributed by atoms with Gasteiger partial charge in [-0.25, -0.2) is 0 Å². The first-order chi connectivity index (χ1) is 8.36. The molecule has 0 aliphatic carbocycles. The minimum Gasteiger partial charge on any atom is -0.370 e. The number of fused-ring (bicyclic) bond motifs is 1. The Morgan fingerprint density at radius 1 is 1.24 bits per heavy atom. The van der Waals surface area contributed by atoms with Crippen LogP contribution < -0.4 is 10.2 Å². The molecule has 0 atom stereocenters. The van der Waals surface area contributed by atoms with Gasteiger partial charge in [-0.05, 0) is 37.0 Å². The van der Waals surface area contributed by atoms with Crippen LogP contribution in [0.1, 0.15) is 13.3 Å². The van der Waals surface area contributed by atoms with Crippen molar-refractivity contribution in [2.24, 2.45) is 0 Å². The fraction of sp³-hybridized carbons (Fsp3) is 0.429. The van der Waals surface area contributed by atoms with Crippen LogP contribution in [-0.4, -0.2) is 26.7 Å². The van der Waals surface area contributed by atoms with Crippen LogP contribution in [0.15, 0.2) is 29.6 Å². The first-order valence-corrected chi connectivity index (χ1v) is 7.10. The Kier molecular flexibility index (Phi) is 4.40. The zero-order chi connectivity index (χ0) is 12.1. The zero-order valence-electron chi connectivity index (χ0n) is 10.6. The van der Waals surface area contributed by atoms with Crippen molar-refractivity contribution in [3.63, 3.8) is 0 Å². The van der Waals surface area contributed by atoms with E-state index in [1.54, 1.807) is 0 Å². The monoisotopic (exact) mass is 248 g/mol. The Labute approximate surface area is 107 Å². The first kappa shape index (κ1) is 12.4. The van der Waals surface area contributed by atoms with E-state index < -0.39 is 0 Å². The molecule has 1 N–H and O–H groups in total. The third-order valence-electron chi connectivity index (χ3n) is 2.94. The largest absolute Gasteiger partial charge is 0.370 e. The van der Waals surface area contributed by atoms with Crippen molar-refractivity contribution in [1.29, 1.82) is 0 Å². The number of nitrogens with one attached hydrogen (secondary N) is 1. The maximum atomic E-state index is 3.23. The molecule has 2 rings (SSSR count). The summed E-state index contributed by atoms with van der Waals surface area (Å²) in [7, 11) is 2.01. The van der Waals surface area contributed by atoms with Crippen LogP contribution in [0.3, 0.4) is 0 Å². The SMILES string of the molecule is CCCN(CCNC)c1cccc2sccc12. The van der Waals surface area contributed by atoms with Gasteiger partial charge in [-0.2, -0.15) is 0 Å². The Morgan fingerprint density at radius 2 is 2.12 bits per heavy atom. The number of rotatable bonds is 6. The molecule has 0 aliphatic rings. The van der Waals surface area contributed by atoms with Crippen molar-refractivity contribution in [3.8, 4) is 0 Å². The molecule has 3 heteroatoms. The van der Waals surface area contributed by atoms with Gasteiger partial charge in [0.1, 0.15) is 0 Å². The fourth-order valence-electron chi connectivity index (χ4n) is 2.12. The lowest BCUT2D eigenvalue weighted by molar-refractivity contribution is 0.712. The van der Waals surface area contributed by atoms with E-state index in [1.165, 1.54) is 22.2 Å². The Bertz CT molecular complexity index is 464. The Balaban J connectivity index is 2.30. The summed E-state index contributed by atoms with van der Waals surface area (Å²) in [4.78, 5) is 2.48. The standard InChI is InChI=1S/C14H20N2S/c1-3-9-16(10-8-15-2)13-5-4-6-14-12(13)7-11-17-14/h4-7,11,15H,3,8-10H2,1-2H3. The van der Waals surface area contributed by atoms with Gasteiger partial charge in [-0.1, -0.05) is 13.0 Å². The highest BCUT2D eigenvalue weighted by molar-refractivity contribution is 7.17. The second-order valence-corrected chi connectivity index (χ2v) is 5.15. The van der Waals surface area contributed by atoms with Crippen LogP contribution in [-0.2, 0) is 0 Å². The summed E-state index contributed by atoms with van der Waals surface area (Å²) in [5.74, 6) is 0. The van der Waals surface area contributed by atoms with Gasteiger partial charge < -0.3 is 10.2 Å². The van der Waals surface area contributed by atoms with Crippen molar-refractivity contribution in [1.82, 2.24) is 5.32 Å². The molecule has 1 heterocycles. The second kappa shape index (κ2) is 6.03. The number of likely N-dealkylation sites (N-methyl/N-ethyl adjacent to an activating group) is 1. The molecule has 0 bridgehead atoms. The topological polar surface area (TPSA) is 15.3 Å². The minimum absolute atomic E-state index is 1.03. The van der Waals surface area contributed by atoms with Crippen molar-refractivity contribution >= 4 is 27.1 Å². The molecule has 0 amide bonds. The second-order valence-electron chi connectivity index (χ2n) is 4.20. The van der Waals surface area contributed by atoms with Crippen molar-refractivity contribution in [3.05, 3.63) is 29.6 Å². The van der Waals surface area contributed by atoms with Gasteiger partial charge in [-0.3, -0.25) is 0 Å². The lowest BCUT2D eigenvalue weighted by Crippen LogP contribution is -2.31. The van der Waals surface area contributed by atoms with E-state index in [1.807, 2.05) is 18.4 Å². The first-order valence-electron chi connectivity index (χ1n) is 6.22. The number of thiophene rings is 1. The van der Waals surface area contributed by atoms with Crippen LogP contribution in [0.2, 0.25) is 0 Å². The summed E-state index contributed by atoms with van der Waals surface area (Å²) in [6.45, 7) is 5.45. The molecular formula is C14H20N2S. The van der Waals surface area contributed by atoms with Crippen molar-refractivity contribution in [2.75, 3.05) is 31.6 Å². The molecule has 92 valence electrons. The van der Waals surface area contributed by atoms with Crippen LogP contribution in [0, 0.1) is 0 Å². The van der Waals surface area contributed by atoms with E-state index in [-0.39, 0.29) is 0 Å². The molecular weight excluding hydrogens is 228 g/mol. The summed E-state index contributed by atoms with van der Waals surface area (Å²) in [5.41, 5.74) is 1.38. The molecule has 1 aromatic carbocycles. The predicted octanol–water partition coefficient (Wildman–Crippen LogP) is 3.34. The number of benzene rings is 1. The average Bonchev–Trinajstić information content (AvgIpc) is 2.82. The van der Waals surface area contributed by atoms with E-state index in [0.29, 0.717) is 0 Å². The number of nitrogens with zero attached hydrogens (tertiary/aromatic N) is 1. The zero-order valence-corrected chi connectivity index (χ0v) is 11.4. The van der Waals surface area contributed by atoms with Crippen LogP contribution in [0.25, 0.3) is 10.1 Å². The fourth-order valence-corrected chi connectivity index (χ4v) is 2.93. The van der Waals surface area contributed by atoms with Crippen molar-refractivity contribution < 1.29 is 0 Å². The van der Waals surface area contributed by atoms with Gasteiger partial charge in [-0.15, -0.1) is 11.3 Å². The van der Waals surface area contributed by atoms with Gasteiger partial charge >= 0.3 is 0 Å². The van der Waals surface area contributed by atoms with Crippen LogP contribution >= 0.6 is 11.3 Å². The Morgan fingerprint density at radius 3 is 2.88 bits per heavy atom. The highest BCUT2D eigenvalue weighted by Crippen LogP contribution is 2.30. The average molecular weight is 248 g/mol. The molecule has 0 aliphatic heterocycles. The molecule has 2 aromatic rings. The number of anilines is 1. The van der Waals surface area contributed by atoms with Gasteiger partial charge in [0, 0.05) is 35.4 Å². The van der Waals surface area contributed by atoms with Gasteiger partial charge in [0.05, 0.1) is 0 Å². The van der Waals surface area contributed by atoms with E-state index in [2.05, 4.69) is 46.8 Å². The quantitative estimate of drug-likeness (QED) is 0.843. The summed E-state index contributed by atoms with van der Waals surface area (Å²) < 4.78 is 1.38. The van der Waals surface area contributed by atoms with Crippen LogP contribution in [0.4, 0.5) is 5.69 Å². The van der Waals surface area contributed by atoms with Crippen molar-refractivity contribution in [2.45, 2.75) is 13.3 Å². The van der Waals surface area contributed by atoms with E-state index in [4.69, 9.17) is 0 Å². The van der Waals surface area contributed by atoms with Gasteiger partial charge in [0.15, 0.2) is 0 Å². The Hall–Kier alpha value is -1.06. The van der Waals surface area contributed by atoms with Gasteiger partial charge in [0.25, 0.3) is 0 Å². The maximum Gasteiger partial charge on any atom is 0.0454 e. The summed E-state index contributed by atoms with van der Waals surface area (Å²) in [5, 5.41) is 6.80. The third kappa shape index (κ3) is 2.79. The maximum absolute atomic E-state index is 3.23. The summed E-state index contributed by atoms with van der Waals surface area (Å²) in [6.07, 6.45) is 1.18. The molecule has 0 saturated heterocycles. The molecule has 0 saturated carbocycles. The predicted molar refractivity (Wildman–Crippen MR) is 78.3 cm³/mol. The smallest absolute Gasteiger partial charge is 0.0454 e.